The molecule has 80 valence electrons. The van der Waals surface area contributed by atoms with Crippen LogP contribution in [-0.2, 0) is 0 Å². The van der Waals surface area contributed by atoms with Crippen molar-refractivity contribution in [1.29, 1.82) is 0 Å². The molecule has 0 fully saturated rings. The van der Waals surface area contributed by atoms with Crippen molar-refractivity contribution in [2.45, 2.75) is 13.8 Å². The van der Waals surface area contributed by atoms with Crippen molar-refractivity contribution in [2.75, 3.05) is 0 Å². The Bertz CT molecular complexity index is 521. The lowest BCUT2D eigenvalue weighted by molar-refractivity contribution is 1.42. The summed E-state index contributed by atoms with van der Waals surface area (Å²) >= 11 is 0. The molecule has 0 heterocycles. The highest BCUT2D eigenvalue weighted by Crippen LogP contribution is 2.25. The van der Waals surface area contributed by atoms with Crippen molar-refractivity contribution >= 4 is 6.08 Å². The van der Waals surface area contributed by atoms with Crippen molar-refractivity contribution in [1.82, 2.24) is 0 Å². The van der Waals surface area contributed by atoms with Gasteiger partial charge in [0.1, 0.15) is 0 Å². The van der Waals surface area contributed by atoms with Crippen LogP contribution in [0.25, 0.3) is 17.2 Å². The van der Waals surface area contributed by atoms with Crippen LogP contribution in [-0.4, -0.2) is 0 Å². The molecule has 2 aromatic rings. The molecule has 0 radical (unpaired) electrons. The lowest BCUT2D eigenvalue weighted by Crippen LogP contribution is -1.85. The first-order valence-corrected chi connectivity index (χ1v) is 5.51. The van der Waals surface area contributed by atoms with Crippen molar-refractivity contribution in [3.05, 3.63) is 65.7 Å². The second-order valence-electron chi connectivity index (χ2n) is 4.15. The van der Waals surface area contributed by atoms with Crippen molar-refractivity contribution in [2.24, 2.45) is 0 Å². The SMILES string of the molecule is C=Cc1ccc(-c2cccc(C)c2)c(C)c1. The maximum absolute atomic E-state index is 3.79. The Morgan fingerprint density at radius 2 is 1.81 bits per heavy atom. The summed E-state index contributed by atoms with van der Waals surface area (Å²) < 4.78 is 0. The van der Waals surface area contributed by atoms with Gasteiger partial charge in [-0.2, -0.15) is 0 Å². The summed E-state index contributed by atoms with van der Waals surface area (Å²) in [5.74, 6) is 0. The summed E-state index contributed by atoms with van der Waals surface area (Å²) in [7, 11) is 0. The predicted octanol–water partition coefficient (Wildman–Crippen LogP) is 4.61. The maximum atomic E-state index is 3.79. The van der Waals surface area contributed by atoms with Crippen LogP contribution in [0.4, 0.5) is 0 Å². The van der Waals surface area contributed by atoms with E-state index in [1.807, 2.05) is 6.08 Å². The number of hydrogen-bond donors (Lipinski definition) is 0. The molecule has 0 amide bonds. The average molecular weight is 208 g/mol. The first-order chi connectivity index (χ1) is 7.70. The molecule has 0 spiro atoms. The molecule has 0 aromatic heterocycles. The zero-order valence-corrected chi connectivity index (χ0v) is 9.83. The van der Waals surface area contributed by atoms with E-state index in [0.717, 1.165) is 0 Å². The van der Waals surface area contributed by atoms with Gasteiger partial charge in [-0.1, -0.05) is 60.7 Å². The van der Waals surface area contributed by atoms with Crippen LogP contribution >= 0.6 is 0 Å². The summed E-state index contributed by atoms with van der Waals surface area (Å²) in [5.41, 5.74) is 6.35. The fraction of sp³-hybridized carbons (Fsp3) is 0.125. The van der Waals surface area contributed by atoms with Crippen LogP contribution in [0, 0.1) is 13.8 Å². The van der Waals surface area contributed by atoms with Crippen LogP contribution in [0.1, 0.15) is 16.7 Å². The minimum atomic E-state index is 1.17. The first-order valence-electron chi connectivity index (χ1n) is 5.51. The van der Waals surface area contributed by atoms with Crippen LogP contribution in [0.2, 0.25) is 0 Å². The van der Waals surface area contributed by atoms with Crippen LogP contribution in [0.5, 0.6) is 0 Å². The molecule has 0 heteroatoms. The Kier molecular flexibility index (Phi) is 2.91. The molecule has 0 saturated heterocycles. The Labute approximate surface area is 97.3 Å². The van der Waals surface area contributed by atoms with Gasteiger partial charge in [-0.3, -0.25) is 0 Å². The summed E-state index contributed by atoms with van der Waals surface area (Å²) in [4.78, 5) is 0. The van der Waals surface area contributed by atoms with Gasteiger partial charge in [-0.25, -0.2) is 0 Å². The van der Waals surface area contributed by atoms with Crippen molar-refractivity contribution < 1.29 is 0 Å². The minimum absolute atomic E-state index is 1.17. The van der Waals surface area contributed by atoms with E-state index in [4.69, 9.17) is 0 Å². The maximum Gasteiger partial charge on any atom is -0.0154 e. The molecule has 2 rings (SSSR count). The molecule has 0 nitrogen and oxygen atoms in total. The molecule has 0 bridgehead atoms. The Morgan fingerprint density at radius 3 is 2.44 bits per heavy atom. The number of hydrogen-bond acceptors (Lipinski definition) is 0. The largest absolute Gasteiger partial charge is 0.0985 e. The quantitative estimate of drug-likeness (QED) is 0.676. The summed E-state index contributed by atoms with van der Waals surface area (Å²) in [6, 6.07) is 15.0. The molecular weight excluding hydrogens is 192 g/mol. The summed E-state index contributed by atoms with van der Waals surface area (Å²) in [5, 5.41) is 0. The Balaban J connectivity index is 2.52. The van der Waals surface area contributed by atoms with E-state index < -0.39 is 0 Å². The monoisotopic (exact) mass is 208 g/mol. The molecule has 0 saturated carbocycles. The highest BCUT2D eigenvalue weighted by Gasteiger charge is 2.01. The summed E-state index contributed by atoms with van der Waals surface area (Å²) in [6.45, 7) is 8.05. The molecule has 16 heavy (non-hydrogen) atoms. The number of rotatable bonds is 2. The standard InChI is InChI=1S/C16H16/c1-4-14-8-9-16(13(3)11-14)15-7-5-6-12(2)10-15/h4-11H,1H2,2-3H3. The first kappa shape index (κ1) is 10.7. The Hall–Kier alpha value is -1.82. The molecule has 0 aliphatic rings. The second-order valence-corrected chi connectivity index (χ2v) is 4.15. The average Bonchev–Trinajstić information content (AvgIpc) is 2.28. The van der Waals surface area contributed by atoms with E-state index in [9.17, 15) is 0 Å². The highest BCUT2D eigenvalue weighted by molar-refractivity contribution is 5.69. The molecule has 0 atom stereocenters. The second kappa shape index (κ2) is 4.36. The molecule has 0 aliphatic carbocycles. The number of benzene rings is 2. The van der Waals surface area contributed by atoms with E-state index in [1.165, 1.54) is 27.8 Å². The van der Waals surface area contributed by atoms with Crippen LogP contribution < -0.4 is 0 Å². The van der Waals surface area contributed by atoms with Crippen molar-refractivity contribution in [3.63, 3.8) is 0 Å². The van der Waals surface area contributed by atoms with E-state index in [-0.39, 0.29) is 0 Å². The van der Waals surface area contributed by atoms with Gasteiger partial charge in [-0.15, -0.1) is 0 Å². The topological polar surface area (TPSA) is 0 Å². The van der Waals surface area contributed by atoms with E-state index in [0.29, 0.717) is 0 Å². The minimum Gasteiger partial charge on any atom is -0.0985 e. The normalized spacial score (nSPS) is 10.1. The lowest BCUT2D eigenvalue weighted by Gasteiger charge is -2.08. The van der Waals surface area contributed by atoms with Gasteiger partial charge in [0, 0.05) is 0 Å². The summed E-state index contributed by atoms with van der Waals surface area (Å²) in [6.07, 6.45) is 1.88. The fourth-order valence-electron chi connectivity index (χ4n) is 1.95. The zero-order valence-electron chi connectivity index (χ0n) is 9.83. The molecule has 0 aliphatic heterocycles. The third kappa shape index (κ3) is 2.06. The van der Waals surface area contributed by atoms with E-state index >= 15 is 0 Å². The third-order valence-electron chi connectivity index (χ3n) is 2.82. The van der Waals surface area contributed by atoms with Gasteiger partial charge in [0.2, 0.25) is 0 Å². The molecule has 2 aromatic carbocycles. The van der Waals surface area contributed by atoms with Crippen LogP contribution in [0.3, 0.4) is 0 Å². The van der Waals surface area contributed by atoms with Gasteiger partial charge in [-0.05, 0) is 36.1 Å². The van der Waals surface area contributed by atoms with Gasteiger partial charge < -0.3 is 0 Å². The van der Waals surface area contributed by atoms with Crippen molar-refractivity contribution in [3.8, 4) is 11.1 Å². The zero-order chi connectivity index (χ0) is 11.5. The van der Waals surface area contributed by atoms with E-state index in [1.54, 1.807) is 0 Å². The third-order valence-corrected chi connectivity index (χ3v) is 2.82. The van der Waals surface area contributed by atoms with Gasteiger partial charge >= 0.3 is 0 Å². The fourth-order valence-corrected chi connectivity index (χ4v) is 1.95. The number of aryl methyl sites for hydroxylation is 2. The highest BCUT2D eigenvalue weighted by atomic mass is 14.1. The van der Waals surface area contributed by atoms with Gasteiger partial charge in [0.05, 0.1) is 0 Å². The molecule has 0 unspecified atom stereocenters. The smallest absolute Gasteiger partial charge is 0.0154 e. The van der Waals surface area contributed by atoms with Crippen LogP contribution in [0.15, 0.2) is 49.0 Å². The Morgan fingerprint density at radius 1 is 1.00 bits per heavy atom. The molecule has 0 N–H and O–H groups in total. The van der Waals surface area contributed by atoms with Gasteiger partial charge in [0.25, 0.3) is 0 Å². The van der Waals surface area contributed by atoms with Gasteiger partial charge in [0.15, 0.2) is 0 Å². The lowest BCUT2D eigenvalue weighted by atomic mass is 9.97. The predicted molar refractivity (Wildman–Crippen MR) is 71.4 cm³/mol. The van der Waals surface area contributed by atoms with E-state index in [2.05, 4.69) is 62.9 Å². The molecular formula is C16H16.